The molecule has 2 heterocycles. The first-order valence-corrected chi connectivity index (χ1v) is 10.1. The summed E-state index contributed by atoms with van der Waals surface area (Å²) in [6, 6.07) is 10.2. The summed E-state index contributed by atoms with van der Waals surface area (Å²) in [6.45, 7) is 0. The van der Waals surface area contributed by atoms with Crippen molar-refractivity contribution in [2.45, 2.75) is 11.4 Å². The van der Waals surface area contributed by atoms with Gasteiger partial charge in [-0.05, 0) is 41.8 Å². The van der Waals surface area contributed by atoms with E-state index in [0.29, 0.717) is 12.2 Å². The number of amides is 1. The molecule has 0 fully saturated rings. The maximum absolute atomic E-state index is 13.8. The Kier molecular flexibility index (Phi) is 6.81. The Labute approximate surface area is 185 Å². The average molecular weight is 456 g/mol. The van der Waals surface area contributed by atoms with E-state index in [4.69, 9.17) is 17.3 Å². The lowest BCUT2D eigenvalue weighted by atomic mass is 9.97. The van der Waals surface area contributed by atoms with E-state index in [2.05, 4.69) is 9.97 Å². The zero-order chi connectivity index (χ0) is 22.5. The summed E-state index contributed by atoms with van der Waals surface area (Å²) < 4.78 is 27.1. The van der Waals surface area contributed by atoms with Gasteiger partial charge in [0.15, 0.2) is 11.6 Å². The second kappa shape index (κ2) is 9.52. The SMILES string of the molecule is N#Cc1c(Cl)nc(SCCc2ccnc(C(N)=O)c2)c(C#N)c1-c1ccc(F)c(F)c1. The molecule has 3 aromatic rings. The molecule has 0 bridgehead atoms. The van der Waals surface area contributed by atoms with E-state index >= 15 is 0 Å². The van der Waals surface area contributed by atoms with E-state index in [-0.39, 0.29) is 38.1 Å². The normalized spacial score (nSPS) is 10.4. The number of carbonyl (C=O) groups is 1. The molecule has 0 spiro atoms. The number of nitriles is 2. The molecule has 0 aliphatic heterocycles. The molecule has 0 aliphatic rings. The third-order valence-electron chi connectivity index (χ3n) is 4.26. The second-order valence-corrected chi connectivity index (χ2v) is 7.64. The van der Waals surface area contributed by atoms with Crippen molar-refractivity contribution in [2.24, 2.45) is 5.73 Å². The van der Waals surface area contributed by atoms with Crippen LogP contribution in [0.15, 0.2) is 41.6 Å². The van der Waals surface area contributed by atoms with Crippen LogP contribution in [0.3, 0.4) is 0 Å². The Morgan fingerprint density at radius 2 is 1.87 bits per heavy atom. The largest absolute Gasteiger partial charge is 0.364 e. The first-order valence-electron chi connectivity index (χ1n) is 8.72. The number of hydrogen-bond acceptors (Lipinski definition) is 6. The van der Waals surface area contributed by atoms with Gasteiger partial charge in [0.1, 0.15) is 28.0 Å². The van der Waals surface area contributed by atoms with Crippen molar-refractivity contribution in [3.05, 3.63) is 75.7 Å². The Morgan fingerprint density at radius 1 is 1.13 bits per heavy atom. The van der Waals surface area contributed by atoms with Gasteiger partial charge in [0.25, 0.3) is 5.91 Å². The van der Waals surface area contributed by atoms with Crippen LogP contribution in [0.2, 0.25) is 5.15 Å². The number of halogens is 3. The van der Waals surface area contributed by atoms with Crippen molar-refractivity contribution < 1.29 is 13.6 Å². The Balaban J connectivity index is 1.96. The molecule has 0 atom stereocenters. The quantitative estimate of drug-likeness (QED) is 0.438. The number of nitrogens with zero attached hydrogens (tertiary/aromatic N) is 4. The van der Waals surface area contributed by atoms with Crippen molar-refractivity contribution in [1.82, 2.24) is 9.97 Å². The molecule has 0 unspecified atom stereocenters. The minimum absolute atomic E-state index is 0.0320. The summed E-state index contributed by atoms with van der Waals surface area (Å²) in [5, 5.41) is 19.3. The molecule has 10 heteroatoms. The molecular weight excluding hydrogens is 444 g/mol. The maximum atomic E-state index is 13.8. The van der Waals surface area contributed by atoms with Gasteiger partial charge in [0.2, 0.25) is 0 Å². The molecule has 3 rings (SSSR count). The summed E-state index contributed by atoms with van der Waals surface area (Å²) in [4.78, 5) is 19.3. The van der Waals surface area contributed by atoms with Crippen LogP contribution in [0, 0.1) is 34.3 Å². The predicted octanol–water partition coefficient (Wildman–Crippen LogP) is 4.25. The van der Waals surface area contributed by atoms with E-state index in [1.807, 2.05) is 12.1 Å². The molecule has 0 saturated heterocycles. The first-order chi connectivity index (χ1) is 14.8. The van der Waals surface area contributed by atoms with E-state index in [0.717, 1.165) is 17.7 Å². The average Bonchev–Trinajstić information content (AvgIpc) is 2.75. The van der Waals surface area contributed by atoms with Crippen LogP contribution in [-0.4, -0.2) is 21.6 Å². The van der Waals surface area contributed by atoms with E-state index in [9.17, 15) is 24.1 Å². The number of rotatable bonds is 6. The fourth-order valence-corrected chi connectivity index (χ4v) is 4.07. The first kappa shape index (κ1) is 22.2. The molecule has 2 N–H and O–H groups in total. The lowest BCUT2D eigenvalue weighted by Crippen LogP contribution is -2.13. The molecule has 0 radical (unpaired) electrons. The number of primary amides is 1. The van der Waals surface area contributed by atoms with Gasteiger partial charge >= 0.3 is 0 Å². The van der Waals surface area contributed by atoms with Crippen molar-refractivity contribution >= 4 is 29.3 Å². The van der Waals surface area contributed by atoms with E-state index in [1.165, 1.54) is 24.0 Å². The second-order valence-electron chi connectivity index (χ2n) is 6.20. The standard InChI is InChI=1S/C21H12ClF2N5OS/c22-19-13(9-25)18(12-1-2-15(23)16(24)8-12)14(10-26)21(29-19)31-6-4-11-3-5-28-17(7-11)20(27)30/h1-3,5,7-8H,4,6H2,(H2,27,30). The van der Waals surface area contributed by atoms with Crippen LogP contribution in [0.1, 0.15) is 27.2 Å². The van der Waals surface area contributed by atoms with Crippen LogP contribution in [0.4, 0.5) is 8.78 Å². The van der Waals surface area contributed by atoms with Crippen LogP contribution in [0.25, 0.3) is 11.1 Å². The highest BCUT2D eigenvalue weighted by atomic mass is 35.5. The minimum atomic E-state index is -1.12. The van der Waals surface area contributed by atoms with Crippen LogP contribution < -0.4 is 5.73 Å². The molecular formula is C21H12ClF2N5OS. The van der Waals surface area contributed by atoms with E-state index in [1.54, 1.807) is 12.1 Å². The number of pyridine rings is 2. The molecule has 6 nitrogen and oxygen atoms in total. The molecule has 0 aliphatic carbocycles. The van der Waals surface area contributed by atoms with Gasteiger partial charge < -0.3 is 5.73 Å². The van der Waals surface area contributed by atoms with Crippen molar-refractivity contribution in [3.8, 4) is 23.3 Å². The zero-order valence-corrected chi connectivity index (χ0v) is 17.3. The third kappa shape index (κ3) is 4.80. The highest BCUT2D eigenvalue weighted by Gasteiger charge is 2.21. The van der Waals surface area contributed by atoms with Crippen molar-refractivity contribution in [3.63, 3.8) is 0 Å². The number of carbonyl (C=O) groups excluding carboxylic acids is 1. The third-order valence-corrected chi connectivity index (χ3v) is 5.51. The number of thioether (sulfide) groups is 1. The number of benzene rings is 1. The van der Waals surface area contributed by atoms with Gasteiger partial charge in [-0.3, -0.25) is 9.78 Å². The van der Waals surface area contributed by atoms with Crippen molar-refractivity contribution in [1.29, 1.82) is 10.5 Å². The summed E-state index contributed by atoms with van der Waals surface area (Å²) in [5.74, 6) is -2.36. The Morgan fingerprint density at radius 3 is 2.52 bits per heavy atom. The van der Waals surface area contributed by atoms with E-state index < -0.39 is 17.5 Å². The topological polar surface area (TPSA) is 116 Å². The smallest absolute Gasteiger partial charge is 0.267 e. The lowest BCUT2D eigenvalue weighted by molar-refractivity contribution is 0.0995. The van der Waals surface area contributed by atoms with Gasteiger partial charge in [-0.1, -0.05) is 17.7 Å². The Bertz CT molecular complexity index is 1270. The molecule has 0 saturated carbocycles. The Hall–Kier alpha value is -3.53. The van der Waals surface area contributed by atoms with Gasteiger partial charge in [-0.2, -0.15) is 10.5 Å². The molecule has 2 aromatic heterocycles. The summed E-state index contributed by atoms with van der Waals surface area (Å²) in [6.07, 6.45) is 1.97. The maximum Gasteiger partial charge on any atom is 0.267 e. The molecule has 1 aromatic carbocycles. The van der Waals surface area contributed by atoms with Crippen molar-refractivity contribution in [2.75, 3.05) is 5.75 Å². The molecule has 1 amide bonds. The van der Waals surface area contributed by atoms with Crippen LogP contribution in [-0.2, 0) is 6.42 Å². The lowest BCUT2D eigenvalue weighted by Gasteiger charge is -2.12. The van der Waals surface area contributed by atoms with Crippen LogP contribution in [0.5, 0.6) is 0 Å². The predicted molar refractivity (Wildman–Crippen MR) is 111 cm³/mol. The summed E-state index contributed by atoms with van der Waals surface area (Å²) >= 11 is 7.35. The van der Waals surface area contributed by atoms with Gasteiger partial charge in [0.05, 0.1) is 11.1 Å². The number of aryl methyl sites for hydroxylation is 1. The molecule has 154 valence electrons. The molecule has 31 heavy (non-hydrogen) atoms. The summed E-state index contributed by atoms with van der Waals surface area (Å²) in [7, 11) is 0. The minimum Gasteiger partial charge on any atom is -0.364 e. The monoisotopic (exact) mass is 455 g/mol. The van der Waals surface area contributed by atoms with Crippen LogP contribution >= 0.6 is 23.4 Å². The fourth-order valence-electron chi connectivity index (χ4n) is 2.82. The van der Waals surface area contributed by atoms with Gasteiger partial charge in [-0.15, -0.1) is 11.8 Å². The highest BCUT2D eigenvalue weighted by Crippen LogP contribution is 2.36. The number of hydrogen-bond donors (Lipinski definition) is 1. The van der Waals surface area contributed by atoms with Gasteiger partial charge in [0, 0.05) is 17.5 Å². The summed E-state index contributed by atoms with van der Waals surface area (Å²) in [5.41, 5.74) is 6.33. The van der Waals surface area contributed by atoms with Gasteiger partial charge in [-0.25, -0.2) is 13.8 Å². The number of aromatic nitrogens is 2. The highest BCUT2D eigenvalue weighted by molar-refractivity contribution is 7.99. The fraction of sp³-hybridized carbons (Fsp3) is 0.0952. The zero-order valence-electron chi connectivity index (χ0n) is 15.7. The number of nitrogens with two attached hydrogens (primary N) is 1.